The maximum absolute atomic E-state index is 7.15. The first-order valence-electron chi connectivity index (χ1n) is 14.9. The van der Waals surface area contributed by atoms with Crippen LogP contribution >= 0.6 is 11.3 Å². The zero-order valence-electron chi connectivity index (χ0n) is 25.6. The number of ether oxygens (including phenoxy) is 1. The summed E-state index contributed by atoms with van der Waals surface area (Å²) in [6.07, 6.45) is 4.29. The van der Waals surface area contributed by atoms with Crippen molar-refractivity contribution in [3.8, 4) is 5.75 Å². The van der Waals surface area contributed by atoms with E-state index in [9.17, 15) is 0 Å². The van der Waals surface area contributed by atoms with Crippen LogP contribution in [0, 0.1) is 0 Å². The van der Waals surface area contributed by atoms with E-state index in [2.05, 4.69) is 153 Å². The van der Waals surface area contributed by atoms with Crippen LogP contribution in [0.2, 0.25) is 5.04 Å². The summed E-state index contributed by atoms with van der Waals surface area (Å²) < 4.78 is 13.6. The smallest absolute Gasteiger partial charge is 0.261 e. The fourth-order valence-corrected chi connectivity index (χ4v) is 10.7. The van der Waals surface area contributed by atoms with Gasteiger partial charge in [0, 0.05) is 35.8 Å². The van der Waals surface area contributed by atoms with Crippen molar-refractivity contribution in [3.05, 3.63) is 143 Å². The van der Waals surface area contributed by atoms with Crippen LogP contribution in [-0.2, 0) is 11.0 Å². The van der Waals surface area contributed by atoms with E-state index >= 15 is 0 Å². The molecule has 0 unspecified atom stereocenters. The molecular weight excluding hydrogens is 563 g/mol. The van der Waals surface area contributed by atoms with Crippen molar-refractivity contribution in [2.45, 2.75) is 32.4 Å². The van der Waals surface area contributed by atoms with Gasteiger partial charge in [0.05, 0.1) is 6.61 Å². The third-order valence-electron chi connectivity index (χ3n) is 7.81. The molecule has 4 aromatic carbocycles. The summed E-state index contributed by atoms with van der Waals surface area (Å²) in [6, 6.07) is 42.7. The number of anilines is 1. The first kappa shape index (κ1) is 30.6. The minimum atomic E-state index is -2.58. The summed E-state index contributed by atoms with van der Waals surface area (Å²) >= 11 is 1.73. The van der Waals surface area contributed by atoms with Crippen molar-refractivity contribution in [1.29, 1.82) is 0 Å². The summed E-state index contributed by atoms with van der Waals surface area (Å²) in [6.45, 7) is 8.85. The zero-order valence-corrected chi connectivity index (χ0v) is 27.4. The Morgan fingerprint density at radius 3 is 1.95 bits per heavy atom. The number of benzene rings is 4. The second-order valence-electron chi connectivity index (χ2n) is 11.8. The van der Waals surface area contributed by atoms with E-state index in [0.29, 0.717) is 13.2 Å². The molecule has 0 aliphatic heterocycles. The second-order valence-corrected chi connectivity index (χ2v) is 17.1. The summed E-state index contributed by atoms with van der Waals surface area (Å²) in [5.74, 6) is 0.869. The fourth-order valence-electron chi connectivity index (χ4n) is 5.54. The van der Waals surface area contributed by atoms with E-state index in [-0.39, 0.29) is 5.04 Å². The van der Waals surface area contributed by atoms with E-state index < -0.39 is 8.32 Å². The van der Waals surface area contributed by atoms with Gasteiger partial charge in [-0.15, -0.1) is 11.3 Å². The summed E-state index contributed by atoms with van der Waals surface area (Å²) in [5.41, 5.74) is 3.31. The SMILES string of the molecule is CN(CCO[Si](c1ccccc1)(c1ccccc1)C(C)(C)C)c1ccc(/C=C/c2cccs2)c(OCc2ccccc2)c1. The van der Waals surface area contributed by atoms with Gasteiger partial charge >= 0.3 is 0 Å². The molecule has 0 fully saturated rings. The molecule has 0 spiro atoms. The molecule has 0 N–H and O–H groups in total. The standard InChI is InChI=1S/C38H41NO2SSi/c1-38(2,3)43(35-18-10-6-11-19-35,36-20-12-7-13-21-36)41-27-26-39(4)33-24-22-32(23-25-34-17-14-28-42-34)37(29-33)40-30-31-15-8-5-9-16-31/h5-25,28-29H,26-27,30H2,1-4H3/b25-23+. The van der Waals surface area contributed by atoms with Gasteiger partial charge in [-0.25, -0.2) is 0 Å². The average Bonchev–Trinajstić information content (AvgIpc) is 3.56. The van der Waals surface area contributed by atoms with Gasteiger partial charge in [-0.05, 0) is 56.7 Å². The Morgan fingerprint density at radius 2 is 1.37 bits per heavy atom. The Balaban J connectivity index is 1.37. The molecule has 0 atom stereocenters. The monoisotopic (exact) mass is 603 g/mol. The number of nitrogens with zero attached hydrogens (tertiary/aromatic N) is 1. The zero-order chi connectivity index (χ0) is 30.1. The van der Waals surface area contributed by atoms with Gasteiger partial charge in [0.25, 0.3) is 8.32 Å². The molecule has 1 aromatic heterocycles. The van der Waals surface area contributed by atoms with Crippen molar-refractivity contribution >= 4 is 47.9 Å². The van der Waals surface area contributed by atoms with E-state index in [4.69, 9.17) is 9.16 Å². The molecule has 0 aliphatic carbocycles. The molecule has 0 radical (unpaired) electrons. The number of likely N-dealkylation sites (N-methyl/N-ethyl adjacent to an activating group) is 1. The fraction of sp³-hybridized carbons (Fsp3) is 0.211. The van der Waals surface area contributed by atoms with Crippen molar-refractivity contribution in [1.82, 2.24) is 0 Å². The number of thiophene rings is 1. The minimum Gasteiger partial charge on any atom is -0.488 e. The van der Waals surface area contributed by atoms with E-state index in [1.807, 2.05) is 18.2 Å². The van der Waals surface area contributed by atoms with Crippen molar-refractivity contribution in [3.63, 3.8) is 0 Å². The van der Waals surface area contributed by atoms with Gasteiger partial charge in [0.2, 0.25) is 0 Å². The molecule has 0 aliphatic rings. The van der Waals surface area contributed by atoms with E-state index in [1.165, 1.54) is 15.3 Å². The molecule has 0 saturated carbocycles. The molecule has 3 nitrogen and oxygen atoms in total. The summed E-state index contributed by atoms with van der Waals surface area (Å²) in [7, 11) is -0.453. The maximum atomic E-state index is 7.15. The molecule has 1 heterocycles. The van der Waals surface area contributed by atoms with Crippen molar-refractivity contribution < 1.29 is 9.16 Å². The molecule has 220 valence electrons. The Labute approximate surface area is 262 Å². The van der Waals surface area contributed by atoms with Crippen molar-refractivity contribution in [2.24, 2.45) is 0 Å². The number of rotatable bonds is 12. The Hall–Kier alpha value is -3.90. The highest BCUT2D eigenvalue weighted by atomic mass is 32.1. The average molecular weight is 604 g/mol. The molecule has 0 bridgehead atoms. The largest absolute Gasteiger partial charge is 0.488 e. The molecule has 0 saturated heterocycles. The van der Waals surface area contributed by atoms with Crippen LogP contribution < -0.4 is 20.0 Å². The highest BCUT2D eigenvalue weighted by Crippen LogP contribution is 2.37. The molecule has 43 heavy (non-hydrogen) atoms. The molecular formula is C38H41NO2SSi. The Bertz CT molecular complexity index is 1540. The lowest BCUT2D eigenvalue weighted by Gasteiger charge is -2.43. The van der Waals surface area contributed by atoms with Gasteiger partial charge in [-0.3, -0.25) is 0 Å². The lowest BCUT2D eigenvalue weighted by Crippen LogP contribution is -2.67. The lowest BCUT2D eigenvalue weighted by atomic mass is 10.1. The Kier molecular flexibility index (Phi) is 9.98. The second kappa shape index (κ2) is 14.0. The first-order chi connectivity index (χ1) is 20.9. The predicted octanol–water partition coefficient (Wildman–Crippen LogP) is 8.51. The number of hydrogen-bond donors (Lipinski definition) is 0. The van der Waals surface area contributed by atoms with Gasteiger partial charge in [0.15, 0.2) is 0 Å². The molecule has 5 heteroatoms. The van der Waals surface area contributed by atoms with Gasteiger partial charge in [-0.1, -0.05) is 118 Å². The minimum absolute atomic E-state index is 0.0523. The van der Waals surface area contributed by atoms with Crippen LogP contribution in [0.3, 0.4) is 0 Å². The Morgan fingerprint density at radius 1 is 0.744 bits per heavy atom. The molecule has 5 rings (SSSR count). The van der Waals surface area contributed by atoms with E-state index in [1.54, 1.807) is 11.3 Å². The molecule has 0 amide bonds. The highest BCUT2D eigenvalue weighted by molar-refractivity contribution is 7.10. The summed E-state index contributed by atoms with van der Waals surface area (Å²) in [5, 5.41) is 4.65. The van der Waals surface area contributed by atoms with E-state index in [0.717, 1.165) is 29.1 Å². The van der Waals surface area contributed by atoms with Crippen LogP contribution in [-0.4, -0.2) is 28.5 Å². The topological polar surface area (TPSA) is 21.7 Å². The van der Waals surface area contributed by atoms with Crippen LogP contribution in [0.1, 0.15) is 36.8 Å². The third kappa shape index (κ3) is 7.37. The van der Waals surface area contributed by atoms with Crippen LogP contribution in [0.4, 0.5) is 5.69 Å². The predicted molar refractivity (Wildman–Crippen MR) is 187 cm³/mol. The van der Waals surface area contributed by atoms with Crippen LogP contribution in [0.15, 0.2) is 127 Å². The number of hydrogen-bond acceptors (Lipinski definition) is 4. The van der Waals surface area contributed by atoms with Gasteiger partial charge in [0.1, 0.15) is 12.4 Å². The van der Waals surface area contributed by atoms with Crippen molar-refractivity contribution in [2.75, 3.05) is 25.1 Å². The van der Waals surface area contributed by atoms with Crippen LogP contribution in [0.5, 0.6) is 5.75 Å². The summed E-state index contributed by atoms with van der Waals surface area (Å²) in [4.78, 5) is 3.48. The first-order valence-corrected chi connectivity index (χ1v) is 17.6. The quantitative estimate of drug-likeness (QED) is 0.134. The highest BCUT2D eigenvalue weighted by Gasteiger charge is 2.50. The van der Waals surface area contributed by atoms with Gasteiger partial charge in [-0.2, -0.15) is 0 Å². The van der Waals surface area contributed by atoms with Gasteiger partial charge < -0.3 is 14.1 Å². The van der Waals surface area contributed by atoms with Crippen LogP contribution in [0.25, 0.3) is 12.2 Å². The molecule has 5 aromatic rings. The lowest BCUT2D eigenvalue weighted by molar-refractivity contribution is 0.303. The normalized spacial score (nSPS) is 12.0. The maximum Gasteiger partial charge on any atom is 0.261 e. The third-order valence-corrected chi connectivity index (χ3v) is 13.7.